The summed E-state index contributed by atoms with van der Waals surface area (Å²) in [5.41, 5.74) is 2.81. The number of aryl methyl sites for hydroxylation is 1. The lowest BCUT2D eigenvalue weighted by atomic mass is 10.00. The highest BCUT2D eigenvalue weighted by molar-refractivity contribution is 5.28. The highest BCUT2D eigenvalue weighted by Gasteiger charge is 2.15. The van der Waals surface area contributed by atoms with Gasteiger partial charge in [-0.05, 0) is 36.8 Å². The van der Waals surface area contributed by atoms with Crippen LogP contribution in [-0.4, -0.2) is 19.5 Å². The largest absolute Gasteiger partial charge is 0.350 e. The lowest BCUT2D eigenvalue weighted by Gasteiger charge is -2.10. The molecule has 1 fully saturated rings. The van der Waals surface area contributed by atoms with Gasteiger partial charge in [-0.1, -0.05) is 30.3 Å². The standard InChI is InChI=1S/C15H20O2/c1-2-6-13-7-3-4-8-14(13)9-5-10-15-16-11-12-17-15/h2-4,7-8,15H,1,5-6,9-12H2. The molecule has 1 aromatic carbocycles. The molecule has 0 amide bonds. The van der Waals surface area contributed by atoms with Gasteiger partial charge in [-0.25, -0.2) is 0 Å². The first kappa shape index (κ1) is 12.3. The van der Waals surface area contributed by atoms with Crippen LogP contribution in [-0.2, 0) is 22.3 Å². The van der Waals surface area contributed by atoms with Gasteiger partial charge in [0.05, 0.1) is 13.2 Å². The maximum atomic E-state index is 5.43. The Bertz CT molecular complexity index is 354. The van der Waals surface area contributed by atoms with Crippen LogP contribution < -0.4 is 0 Å². The Morgan fingerprint density at radius 2 is 1.88 bits per heavy atom. The number of rotatable bonds is 6. The zero-order chi connectivity index (χ0) is 11.9. The van der Waals surface area contributed by atoms with Gasteiger partial charge in [0.15, 0.2) is 6.29 Å². The third kappa shape index (κ3) is 3.69. The molecule has 0 saturated carbocycles. The first-order valence-corrected chi connectivity index (χ1v) is 6.31. The molecule has 2 rings (SSSR count). The first-order valence-electron chi connectivity index (χ1n) is 6.31. The lowest BCUT2D eigenvalue weighted by Crippen LogP contribution is -2.07. The van der Waals surface area contributed by atoms with Crippen molar-refractivity contribution < 1.29 is 9.47 Å². The summed E-state index contributed by atoms with van der Waals surface area (Å²) in [6.07, 6.45) is 6.13. The van der Waals surface area contributed by atoms with E-state index in [0.29, 0.717) is 0 Å². The maximum Gasteiger partial charge on any atom is 0.157 e. The molecule has 17 heavy (non-hydrogen) atoms. The summed E-state index contributed by atoms with van der Waals surface area (Å²) in [5.74, 6) is 0. The number of hydrogen-bond acceptors (Lipinski definition) is 2. The van der Waals surface area contributed by atoms with Crippen molar-refractivity contribution in [3.8, 4) is 0 Å². The van der Waals surface area contributed by atoms with E-state index < -0.39 is 0 Å². The summed E-state index contributed by atoms with van der Waals surface area (Å²) in [5, 5.41) is 0. The molecule has 1 heterocycles. The molecular weight excluding hydrogens is 212 g/mol. The topological polar surface area (TPSA) is 18.5 Å². The Hall–Kier alpha value is -1.12. The Morgan fingerprint density at radius 3 is 2.59 bits per heavy atom. The van der Waals surface area contributed by atoms with Crippen molar-refractivity contribution in [2.75, 3.05) is 13.2 Å². The smallest absolute Gasteiger partial charge is 0.157 e. The molecular formula is C15H20O2. The van der Waals surface area contributed by atoms with E-state index in [1.54, 1.807) is 0 Å². The monoisotopic (exact) mass is 232 g/mol. The van der Waals surface area contributed by atoms with Crippen molar-refractivity contribution in [3.05, 3.63) is 48.0 Å². The van der Waals surface area contributed by atoms with E-state index in [0.717, 1.165) is 38.9 Å². The maximum absolute atomic E-state index is 5.43. The summed E-state index contributed by atoms with van der Waals surface area (Å²) < 4.78 is 10.9. The van der Waals surface area contributed by atoms with Crippen molar-refractivity contribution in [2.45, 2.75) is 32.0 Å². The summed E-state index contributed by atoms with van der Waals surface area (Å²) in [6, 6.07) is 8.57. The molecule has 92 valence electrons. The van der Waals surface area contributed by atoms with E-state index in [4.69, 9.17) is 9.47 Å². The van der Waals surface area contributed by atoms with E-state index in [9.17, 15) is 0 Å². The van der Waals surface area contributed by atoms with E-state index in [-0.39, 0.29) is 6.29 Å². The molecule has 2 nitrogen and oxygen atoms in total. The minimum Gasteiger partial charge on any atom is -0.350 e. The SMILES string of the molecule is C=CCc1ccccc1CCCC1OCCO1. The lowest BCUT2D eigenvalue weighted by molar-refractivity contribution is -0.0475. The second-order valence-electron chi connectivity index (χ2n) is 4.32. The van der Waals surface area contributed by atoms with Gasteiger partial charge in [-0.2, -0.15) is 0 Å². The Balaban J connectivity index is 1.82. The molecule has 0 aromatic heterocycles. The molecule has 1 aliphatic heterocycles. The van der Waals surface area contributed by atoms with E-state index >= 15 is 0 Å². The van der Waals surface area contributed by atoms with Gasteiger partial charge in [0.2, 0.25) is 0 Å². The normalized spacial score (nSPS) is 16.2. The zero-order valence-electron chi connectivity index (χ0n) is 10.2. The van der Waals surface area contributed by atoms with Gasteiger partial charge in [-0.15, -0.1) is 6.58 Å². The number of benzene rings is 1. The third-order valence-corrected chi connectivity index (χ3v) is 3.06. The highest BCUT2D eigenvalue weighted by atomic mass is 16.7. The molecule has 1 aliphatic rings. The van der Waals surface area contributed by atoms with Gasteiger partial charge in [-0.3, -0.25) is 0 Å². The van der Waals surface area contributed by atoms with Gasteiger partial charge in [0.25, 0.3) is 0 Å². The first-order chi connectivity index (χ1) is 8.40. The third-order valence-electron chi connectivity index (χ3n) is 3.06. The Labute approximate surface area is 103 Å². The van der Waals surface area contributed by atoms with E-state index in [1.807, 2.05) is 6.08 Å². The highest BCUT2D eigenvalue weighted by Crippen LogP contribution is 2.16. The summed E-state index contributed by atoms with van der Waals surface area (Å²) in [6.45, 7) is 5.30. The predicted octanol–water partition coefficient (Wildman–Crippen LogP) is 3.11. The van der Waals surface area contributed by atoms with Crippen LogP contribution in [0.5, 0.6) is 0 Å². The number of ether oxygens (including phenoxy) is 2. The summed E-state index contributed by atoms with van der Waals surface area (Å²) in [7, 11) is 0. The quantitative estimate of drug-likeness (QED) is 0.702. The fraction of sp³-hybridized carbons (Fsp3) is 0.467. The van der Waals surface area contributed by atoms with Crippen molar-refractivity contribution in [1.29, 1.82) is 0 Å². The van der Waals surface area contributed by atoms with Crippen LogP contribution in [0, 0.1) is 0 Å². The Kier molecular flexibility index (Phi) is 4.77. The second kappa shape index (κ2) is 6.58. The van der Waals surface area contributed by atoms with E-state index in [1.165, 1.54) is 11.1 Å². The minimum absolute atomic E-state index is 0.0292. The van der Waals surface area contributed by atoms with Gasteiger partial charge < -0.3 is 9.47 Å². The van der Waals surface area contributed by atoms with Crippen LogP contribution in [0.2, 0.25) is 0 Å². The predicted molar refractivity (Wildman–Crippen MR) is 69.0 cm³/mol. The summed E-state index contributed by atoms with van der Waals surface area (Å²) in [4.78, 5) is 0. The molecule has 0 atom stereocenters. The van der Waals surface area contributed by atoms with Crippen LogP contribution in [0.1, 0.15) is 24.0 Å². The molecule has 1 aromatic rings. The molecule has 0 spiro atoms. The molecule has 2 heteroatoms. The zero-order valence-corrected chi connectivity index (χ0v) is 10.2. The van der Waals surface area contributed by atoms with Gasteiger partial charge in [0, 0.05) is 0 Å². The van der Waals surface area contributed by atoms with E-state index in [2.05, 4.69) is 30.8 Å². The van der Waals surface area contributed by atoms with Crippen molar-refractivity contribution in [1.82, 2.24) is 0 Å². The minimum atomic E-state index is 0.0292. The van der Waals surface area contributed by atoms with Crippen LogP contribution in [0.15, 0.2) is 36.9 Å². The molecule has 0 radical (unpaired) electrons. The average Bonchev–Trinajstić information content (AvgIpc) is 2.85. The molecule has 0 bridgehead atoms. The second-order valence-corrected chi connectivity index (χ2v) is 4.32. The van der Waals surface area contributed by atoms with Crippen LogP contribution >= 0.6 is 0 Å². The van der Waals surface area contributed by atoms with Gasteiger partial charge in [0.1, 0.15) is 0 Å². The fourth-order valence-electron chi connectivity index (χ4n) is 2.19. The molecule has 0 N–H and O–H groups in total. The van der Waals surface area contributed by atoms with Crippen molar-refractivity contribution >= 4 is 0 Å². The Morgan fingerprint density at radius 1 is 1.18 bits per heavy atom. The van der Waals surface area contributed by atoms with Crippen molar-refractivity contribution in [2.24, 2.45) is 0 Å². The summed E-state index contributed by atoms with van der Waals surface area (Å²) >= 11 is 0. The van der Waals surface area contributed by atoms with Crippen LogP contribution in [0.25, 0.3) is 0 Å². The number of allylic oxidation sites excluding steroid dienone is 1. The molecule has 0 unspecified atom stereocenters. The van der Waals surface area contributed by atoms with Crippen LogP contribution in [0.4, 0.5) is 0 Å². The van der Waals surface area contributed by atoms with Crippen molar-refractivity contribution in [3.63, 3.8) is 0 Å². The van der Waals surface area contributed by atoms with Crippen LogP contribution in [0.3, 0.4) is 0 Å². The number of hydrogen-bond donors (Lipinski definition) is 0. The van der Waals surface area contributed by atoms with Gasteiger partial charge >= 0.3 is 0 Å². The molecule has 0 aliphatic carbocycles. The molecule has 1 saturated heterocycles. The fourth-order valence-corrected chi connectivity index (χ4v) is 2.19. The average molecular weight is 232 g/mol.